The molecule has 8 heteroatoms. The summed E-state index contributed by atoms with van der Waals surface area (Å²) < 4.78 is 11.1. The van der Waals surface area contributed by atoms with Gasteiger partial charge >= 0.3 is 0 Å². The number of aromatic nitrogens is 3. The molecule has 4 heterocycles. The number of carbonyl (C=O) groups excluding carboxylic acids is 1. The number of piperidine rings is 1. The third-order valence-corrected chi connectivity index (χ3v) is 5.28. The predicted molar refractivity (Wildman–Crippen MR) is 97.8 cm³/mol. The van der Waals surface area contributed by atoms with Gasteiger partial charge in [0.1, 0.15) is 5.69 Å². The molecule has 8 nitrogen and oxygen atoms in total. The number of amides is 1. The molecule has 0 aromatic carbocycles. The number of ether oxygens (including phenoxy) is 1. The molecular formula is C19H25N5O3. The molecule has 0 radical (unpaired) electrons. The van der Waals surface area contributed by atoms with Gasteiger partial charge in [0.15, 0.2) is 5.82 Å². The van der Waals surface area contributed by atoms with Gasteiger partial charge in [-0.3, -0.25) is 9.78 Å². The minimum absolute atomic E-state index is 0.108. The molecule has 0 unspecified atom stereocenters. The van der Waals surface area contributed by atoms with Gasteiger partial charge in [0.25, 0.3) is 5.89 Å². The summed E-state index contributed by atoms with van der Waals surface area (Å²) in [4.78, 5) is 25.7. The van der Waals surface area contributed by atoms with Crippen molar-refractivity contribution < 1.29 is 14.1 Å². The van der Waals surface area contributed by atoms with Crippen molar-refractivity contribution >= 4 is 5.91 Å². The van der Waals surface area contributed by atoms with Gasteiger partial charge in [0.2, 0.25) is 5.91 Å². The van der Waals surface area contributed by atoms with Crippen molar-refractivity contribution in [3.05, 3.63) is 30.2 Å². The Morgan fingerprint density at radius 3 is 2.89 bits per heavy atom. The normalized spacial score (nSPS) is 22.1. The maximum absolute atomic E-state index is 12.8. The highest BCUT2D eigenvalue weighted by Crippen LogP contribution is 2.21. The quantitative estimate of drug-likeness (QED) is 0.799. The lowest BCUT2D eigenvalue weighted by molar-refractivity contribution is -0.144. The van der Waals surface area contributed by atoms with Crippen LogP contribution in [0.3, 0.4) is 0 Å². The molecule has 2 aliphatic heterocycles. The number of rotatable bonds is 4. The molecule has 0 aliphatic carbocycles. The molecule has 0 saturated carbocycles. The number of hydrogen-bond donors (Lipinski definition) is 0. The minimum atomic E-state index is -0.108. The van der Waals surface area contributed by atoms with Gasteiger partial charge in [-0.2, -0.15) is 4.98 Å². The van der Waals surface area contributed by atoms with E-state index in [1.54, 1.807) is 6.20 Å². The largest absolute Gasteiger partial charge is 0.374 e. The molecule has 27 heavy (non-hydrogen) atoms. The van der Waals surface area contributed by atoms with Crippen molar-refractivity contribution in [2.45, 2.75) is 25.4 Å². The topological polar surface area (TPSA) is 84.6 Å². The molecule has 2 aromatic rings. The molecule has 4 rings (SSSR count). The van der Waals surface area contributed by atoms with Crippen LogP contribution in [0.4, 0.5) is 0 Å². The van der Waals surface area contributed by atoms with E-state index >= 15 is 0 Å². The van der Waals surface area contributed by atoms with Crippen molar-refractivity contribution in [1.82, 2.24) is 24.9 Å². The lowest BCUT2D eigenvalue weighted by atomic mass is 9.95. The second-order valence-corrected chi connectivity index (χ2v) is 7.29. The minimum Gasteiger partial charge on any atom is -0.374 e. The highest BCUT2D eigenvalue weighted by molar-refractivity contribution is 5.79. The molecular weight excluding hydrogens is 346 g/mol. The van der Waals surface area contributed by atoms with Crippen molar-refractivity contribution in [2.24, 2.45) is 5.92 Å². The molecule has 1 atom stereocenters. The van der Waals surface area contributed by atoms with Gasteiger partial charge in [-0.1, -0.05) is 11.2 Å². The second-order valence-electron chi connectivity index (χ2n) is 7.29. The van der Waals surface area contributed by atoms with Crippen LogP contribution in [0.15, 0.2) is 28.9 Å². The molecule has 2 saturated heterocycles. The Kier molecular flexibility index (Phi) is 5.45. The van der Waals surface area contributed by atoms with E-state index in [1.165, 1.54) is 0 Å². The zero-order valence-electron chi connectivity index (χ0n) is 15.6. The lowest BCUT2D eigenvalue weighted by Crippen LogP contribution is -2.50. The van der Waals surface area contributed by atoms with E-state index < -0.39 is 0 Å². The van der Waals surface area contributed by atoms with E-state index in [-0.39, 0.29) is 17.9 Å². The van der Waals surface area contributed by atoms with Gasteiger partial charge in [-0.05, 0) is 45.1 Å². The average Bonchev–Trinajstić information content (AvgIpc) is 3.17. The first-order chi connectivity index (χ1) is 13.2. The number of carbonyl (C=O) groups is 1. The van der Waals surface area contributed by atoms with E-state index in [0.29, 0.717) is 43.5 Å². The van der Waals surface area contributed by atoms with Crippen LogP contribution in [-0.2, 0) is 16.0 Å². The number of likely N-dealkylation sites (tertiary alicyclic amines) is 1. The Bertz CT molecular complexity index is 758. The zero-order valence-corrected chi connectivity index (χ0v) is 15.6. The first-order valence-corrected chi connectivity index (χ1v) is 9.52. The van der Waals surface area contributed by atoms with Gasteiger partial charge in [0, 0.05) is 31.6 Å². The Hall–Kier alpha value is -2.32. The van der Waals surface area contributed by atoms with Crippen LogP contribution in [0.25, 0.3) is 11.6 Å². The van der Waals surface area contributed by atoms with Crippen LogP contribution >= 0.6 is 0 Å². The molecule has 0 spiro atoms. The van der Waals surface area contributed by atoms with Gasteiger partial charge < -0.3 is 19.1 Å². The van der Waals surface area contributed by atoms with E-state index in [1.807, 2.05) is 23.1 Å². The summed E-state index contributed by atoms with van der Waals surface area (Å²) in [5, 5.41) is 4.04. The maximum atomic E-state index is 12.8. The lowest BCUT2D eigenvalue weighted by Gasteiger charge is -2.36. The zero-order chi connectivity index (χ0) is 18.6. The summed E-state index contributed by atoms with van der Waals surface area (Å²) >= 11 is 0. The monoisotopic (exact) mass is 371 g/mol. The third-order valence-electron chi connectivity index (χ3n) is 5.28. The fourth-order valence-electron chi connectivity index (χ4n) is 3.69. The second kappa shape index (κ2) is 8.14. The smallest absolute Gasteiger partial charge is 0.276 e. The third kappa shape index (κ3) is 4.33. The summed E-state index contributed by atoms with van der Waals surface area (Å²) in [6.07, 6.45) is 3.98. The van der Waals surface area contributed by atoms with E-state index in [9.17, 15) is 4.79 Å². The van der Waals surface area contributed by atoms with Crippen LogP contribution < -0.4 is 0 Å². The number of hydrogen-bond acceptors (Lipinski definition) is 7. The van der Waals surface area contributed by atoms with Crippen molar-refractivity contribution in [3.8, 4) is 11.6 Å². The predicted octanol–water partition coefficient (Wildman–Crippen LogP) is 1.24. The highest BCUT2D eigenvalue weighted by Gasteiger charge is 2.31. The Morgan fingerprint density at radius 1 is 1.26 bits per heavy atom. The van der Waals surface area contributed by atoms with Crippen LogP contribution in [0.2, 0.25) is 0 Å². The standard InChI is InChI=1S/C19H25N5O3/c1-23-8-5-14(6-9-23)19(25)24-10-11-26-15(13-24)12-17-21-18(27-22-17)16-4-2-3-7-20-16/h2-4,7,14-15H,5-6,8-13H2,1H3/t15-/m0/s1. The fourth-order valence-corrected chi connectivity index (χ4v) is 3.69. The van der Waals surface area contributed by atoms with Crippen LogP contribution in [0.1, 0.15) is 18.7 Å². The Labute approximate surface area is 158 Å². The van der Waals surface area contributed by atoms with E-state index in [4.69, 9.17) is 9.26 Å². The average molecular weight is 371 g/mol. The first kappa shape index (κ1) is 18.1. The van der Waals surface area contributed by atoms with Crippen LogP contribution in [0, 0.1) is 5.92 Å². The molecule has 1 amide bonds. The summed E-state index contributed by atoms with van der Waals surface area (Å²) in [6.45, 7) is 3.77. The fraction of sp³-hybridized carbons (Fsp3) is 0.579. The van der Waals surface area contributed by atoms with Gasteiger partial charge in [-0.15, -0.1) is 0 Å². The molecule has 2 aliphatic rings. The summed E-state index contributed by atoms with van der Waals surface area (Å²) in [7, 11) is 2.11. The highest BCUT2D eigenvalue weighted by atomic mass is 16.5. The number of nitrogens with zero attached hydrogens (tertiary/aromatic N) is 5. The summed E-state index contributed by atoms with van der Waals surface area (Å²) in [5.41, 5.74) is 0.653. The van der Waals surface area contributed by atoms with Gasteiger partial charge in [-0.25, -0.2) is 0 Å². The van der Waals surface area contributed by atoms with E-state index in [2.05, 4.69) is 27.1 Å². The van der Waals surface area contributed by atoms with Crippen molar-refractivity contribution in [3.63, 3.8) is 0 Å². The molecule has 144 valence electrons. The van der Waals surface area contributed by atoms with Crippen LogP contribution in [-0.4, -0.2) is 76.8 Å². The number of pyridine rings is 1. The Balaban J connectivity index is 1.35. The SMILES string of the molecule is CN1CCC(C(=O)N2CCO[C@@H](Cc3noc(-c4ccccn4)n3)C2)CC1. The molecule has 2 aromatic heterocycles. The summed E-state index contributed by atoms with van der Waals surface area (Å²) in [5.74, 6) is 1.38. The number of morpholine rings is 1. The Morgan fingerprint density at radius 2 is 2.11 bits per heavy atom. The first-order valence-electron chi connectivity index (χ1n) is 9.52. The molecule has 0 N–H and O–H groups in total. The summed E-state index contributed by atoms with van der Waals surface area (Å²) in [6, 6.07) is 5.55. The molecule has 2 fully saturated rings. The van der Waals surface area contributed by atoms with Crippen molar-refractivity contribution in [1.29, 1.82) is 0 Å². The van der Waals surface area contributed by atoms with Crippen molar-refractivity contribution in [2.75, 3.05) is 39.8 Å². The maximum Gasteiger partial charge on any atom is 0.276 e. The van der Waals surface area contributed by atoms with E-state index in [0.717, 1.165) is 25.9 Å². The van der Waals surface area contributed by atoms with Crippen LogP contribution in [0.5, 0.6) is 0 Å². The molecule has 0 bridgehead atoms. The van der Waals surface area contributed by atoms with Gasteiger partial charge in [0.05, 0.1) is 12.7 Å².